The fourth-order valence-electron chi connectivity index (χ4n) is 3.39. The Kier molecular flexibility index (Phi) is 8.53. The highest BCUT2D eigenvalue weighted by atomic mass is 32.2. The predicted octanol–water partition coefficient (Wildman–Crippen LogP) is 4.29. The van der Waals surface area contributed by atoms with E-state index in [1.807, 2.05) is 24.3 Å². The second-order valence-electron chi connectivity index (χ2n) is 6.92. The van der Waals surface area contributed by atoms with Crippen molar-refractivity contribution in [1.82, 2.24) is 9.80 Å². The van der Waals surface area contributed by atoms with Gasteiger partial charge in [0.05, 0.1) is 0 Å². The zero-order chi connectivity index (χ0) is 22.1. The molecular formula is C22H28N2O5S. The van der Waals surface area contributed by atoms with Crippen LogP contribution >= 0.6 is 11.8 Å². The van der Waals surface area contributed by atoms with E-state index in [9.17, 15) is 14.4 Å². The first-order chi connectivity index (χ1) is 14.3. The van der Waals surface area contributed by atoms with Gasteiger partial charge in [0.25, 0.3) is 0 Å². The highest BCUT2D eigenvalue weighted by Gasteiger charge is 2.47. The fourth-order valence-corrected chi connectivity index (χ4v) is 4.64. The quantitative estimate of drug-likeness (QED) is 0.571. The lowest BCUT2D eigenvalue weighted by Crippen LogP contribution is -2.43. The summed E-state index contributed by atoms with van der Waals surface area (Å²) in [6.45, 7) is 9.74. The molecule has 1 aromatic rings. The molecule has 0 saturated carbocycles. The summed E-state index contributed by atoms with van der Waals surface area (Å²) in [4.78, 5) is 38.8. The average Bonchev–Trinajstić information content (AvgIpc) is 3.14. The summed E-state index contributed by atoms with van der Waals surface area (Å²) in [5.74, 6) is 0. The Balaban J connectivity index is 2.23. The summed E-state index contributed by atoms with van der Waals surface area (Å²) in [6, 6.07) is 7.57. The third-order valence-electron chi connectivity index (χ3n) is 4.65. The van der Waals surface area contributed by atoms with Crippen LogP contribution in [0.3, 0.4) is 0 Å². The van der Waals surface area contributed by atoms with Gasteiger partial charge in [-0.15, -0.1) is 0 Å². The molecule has 7 nitrogen and oxygen atoms in total. The molecule has 1 saturated heterocycles. The Bertz CT molecular complexity index is 795. The first-order valence-corrected chi connectivity index (χ1v) is 10.5. The first-order valence-electron chi connectivity index (χ1n) is 9.67. The highest BCUT2D eigenvalue weighted by molar-refractivity contribution is 8.14. The van der Waals surface area contributed by atoms with Crippen molar-refractivity contribution >= 4 is 29.1 Å². The molecule has 0 aliphatic carbocycles. The lowest BCUT2D eigenvalue weighted by molar-refractivity contribution is -0.109. The molecular weight excluding hydrogens is 404 g/mol. The monoisotopic (exact) mass is 432 g/mol. The van der Waals surface area contributed by atoms with Gasteiger partial charge in [-0.25, -0.2) is 9.59 Å². The van der Waals surface area contributed by atoms with E-state index in [-0.39, 0.29) is 18.3 Å². The van der Waals surface area contributed by atoms with Crippen LogP contribution in [0.25, 0.3) is 0 Å². The maximum absolute atomic E-state index is 12.6. The number of hydrogen-bond donors (Lipinski definition) is 0. The normalized spacial score (nSPS) is 17.9. The number of nitrogens with zero attached hydrogens (tertiary/aromatic N) is 2. The van der Waals surface area contributed by atoms with E-state index in [1.54, 1.807) is 11.9 Å². The van der Waals surface area contributed by atoms with Crippen LogP contribution in [0.15, 0.2) is 49.6 Å². The topological polar surface area (TPSA) is 76.2 Å². The summed E-state index contributed by atoms with van der Waals surface area (Å²) in [7, 11) is 1.65. The van der Waals surface area contributed by atoms with Crippen LogP contribution in [0.5, 0.6) is 0 Å². The van der Waals surface area contributed by atoms with Gasteiger partial charge < -0.3 is 14.4 Å². The average molecular weight is 433 g/mol. The molecule has 1 unspecified atom stereocenters. The molecule has 2 rings (SSSR count). The molecule has 1 atom stereocenters. The van der Waals surface area contributed by atoms with E-state index in [4.69, 9.17) is 9.47 Å². The van der Waals surface area contributed by atoms with Gasteiger partial charge >= 0.3 is 12.2 Å². The molecule has 0 aromatic heterocycles. The standard InChI is InChI=1S/C22H28N2O5S/c1-5-14-28-20(26)23(4)16-18-8-10-19(11-9-18)22(30-17(3)25)12-7-13-24(22)21(27)29-15-6-2/h5-6,8-11H,1-2,7,12-16H2,3-4H3. The van der Waals surface area contributed by atoms with Crippen molar-refractivity contribution in [3.8, 4) is 0 Å². The molecule has 30 heavy (non-hydrogen) atoms. The number of benzene rings is 1. The fraction of sp³-hybridized carbons (Fsp3) is 0.409. The SMILES string of the molecule is C=CCOC(=O)N(C)Cc1ccc(C2(SC(C)=O)CCCN2C(=O)OCC=C)cc1. The third kappa shape index (κ3) is 5.66. The lowest BCUT2D eigenvalue weighted by Gasteiger charge is -2.37. The maximum Gasteiger partial charge on any atom is 0.411 e. The van der Waals surface area contributed by atoms with Crippen molar-refractivity contribution in [3.05, 3.63) is 60.7 Å². The van der Waals surface area contributed by atoms with E-state index >= 15 is 0 Å². The summed E-state index contributed by atoms with van der Waals surface area (Å²) in [6.07, 6.45) is 3.54. The number of carbonyl (C=O) groups is 3. The zero-order valence-electron chi connectivity index (χ0n) is 17.5. The molecule has 8 heteroatoms. The number of likely N-dealkylation sites (tertiary alicyclic amines) is 1. The molecule has 1 aliphatic rings. The number of amides is 2. The van der Waals surface area contributed by atoms with E-state index in [0.29, 0.717) is 19.5 Å². The van der Waals surface area contributed by atoms with Crippen LogP contribution in [0, 0.1) is 0 Å². The van der Waals surface area contributed by atoms with Crippen molar-refractivity contribution in [1.29, 1.82) is 0 Å². The number of thioether (sulfide) groups is 1. The Hall–Kier alpha value is -2.74. The van der Waals surface area contributed by atoms with Crippen molar-refractivity contribution in [3.63, 3.8) is 0 Å². The van der Waals surface area contributed by atoms with Crippen LogP contribution in [0.4, 0.5) is 9.59 Å². The Morgan fingerprint density at radius 2 is 1.80 bits per heavy atom. The van der Waals surface area contributed by atoms with Gasteiger partial charge in [0.1, 0.15) is 18.1 Å². The second kappa shape index (κ2) is 10.9. The lowest BCUT2D eigenvalue weighted by atomic mass is 10.0. The molecule has 162 valence electrons. The Morgan fingerprint density at radius 1 is 1.17 bits per heavy atom. The van der Waals surface area contributed by atoms with E-state index < -0.39 is 17.1 Å². The van der Waals surface area contributed by atoms with Crippen LogP contribution in [-0.2, 0) is 25.7 Å². The van der Waals surface area contributed by atoms with Gasteiger partial charge in [0.2, 0.25) is 0 Å². The molecule has 0 radical (unpaired) electrons. The molecule has 0 spiro atoms. The summed E-state index contributed by atoms with van der Waals surface area (Å²) in [5.41, 5.74) is 1.75. The second-order valence-corrected chi connectivity index (χ2v) is 8.37. The van der Waals surface area contributed by atoms with Crippen LogP contribution in [-0.4, -0.2) is 53.9 Å². The Labute approximate surface area is 181 Å². The number of rotatable bonds is 8. The molecule has 1 aromatic carbocycles. The van der Waals surface area contributed by atoms with E-state index in [0.717, 1.165) is 29.3 Å². The zero-order valence-corrected chi connectivity index (χ0v) is 18.3. The minimum atomic E-state index is -0.808. The van der Waals surface area contributed by atoms with Crippen molar-refractivity contribution in [2.45, 2.75) is 31.2 Å². The largest absolute Gasteiger partial charge is 0.445 e. The molecule has 0 N–H and O–H groups in total. The van der Waals surface area contributed by atoms with Gasteiger partial charge in [0, 0.05) is 27.1 Å². The van der Waals surface area contributed by atoms with Crippen LogP contribution in [0.2, 0.25) is 0 Å². The molecule has 1 aliphatic heterocycles. The first kappa shape index (κ1) is 23.5. The summed E-state index contributed by atoms with van der Waals surface area (Å²) in [5, 5.41) is -0.0767. The Morgan fingerprint density at radius 3 is 2.40 bits per heavy atom. The minimum Gasteiger partial charge on any atom is -0.445 e. The number of ether oxygens (including phenoxy) is 2. The molecule has 2 amide bonds. The minimum absolute atomic E-state index is 0.0767. The van der Waals surface area contributed by atoms with Crippen molar-refractivity contribution < 1.29 is 23.9 Å². The van der Waals surface area contributed by atoms with Crippen LogP contribution in [0.1, 0.15) is 30.9 Å². The van der Waals surface area contributed by atoms with Gasteiger partial charge in [-0.3, -0.25) is 9.69 Å². The predicted molar refractivity (Wildman–Crippen MR) is 117 cm³/mol. The smallest absolute Gasteiger partial charge is 0.411 e. The van der Waals surface area contributed by atoms with Crippen molar-refractivity contribution in [2.24, 2.45) is 0 Å². The molecule has 1 fully saturated rings. The number of carbonyl (C=O) groups excluding carboxylic acids is 3. The van der Waals surface area contributed by atoms with E-state index in [1.165, 1.54) is 24.0 Å². The van der Waals surface area contributed by atoms with Crippen LogP contribution < -0.4 is 0 Å². The maximum atomic E-state index is 12.6. The molecule has 0 bridgehead atoms. The molecule has 1 heterocycles. The van der Waals surface area contributed by atoms with Gasteiger partial charge in [-0.1, -0.05) is 61.3 Å². The van der Waals surface area contributed by atoms with Gasteiger partial charge in [-0.2, -0.15) is 0 Å². The highest BCUT2D eigenvalue weighted by Crippen LogP contribution is 2.48. The van der Waals surface area contributed by atoms with Gasteiger partial charge in [0.15, 0.2) is 5.12 Å². The van der Waals surface area contributed by atoms with Gasteiger partial charge in [-0.05, 0) is 24.0 Å². The van der Waals surface area contributed by atoms with Crippen molar-refractivity contribution in [2.75, 3.05) is 26.8 Å². The number of hydrogen-bond acceptors (Lipinski definition) is 6. The third-order valence-corrected chi connectivity index (χ3v) is 5.94. The van der Waals surface area contributed by atoms with E-state index in [2.05, 4.69) is 13.2 Å². The summed E-state index contributed by atoms with van der Waals surface area (Å²) < 4.78 is 10.3. The summed E-state index contributed by atoms with van der Waals surface area (Å²) >= 11 is 1.13.